The highest BCUT2D eigenvalue weighted by molar-refractivity contribution is 9.10. The van der Waals surface area contributed by atoms with E-state index in [1.54, 1.807) is 12.1 Å². The monoisotopic (exact) mass is 333 g/mol. The summed E-state index contributed by atoms with van der Waals surface area (Å²) in [6.45, 7) is 3.75. The molecule has 1 aromatic rings. The molecule has 1 rings (SSSR count). The first-order valence-corrected chi connectivity index (χ1v) is 7.91. The molecule has 0 spiro atoms. The van der Waals surface area contributed by atoms with Crippen LogP contribution in [0.3, 0.4) is 0 Å². The molecule has 4 nitrogen and oxygen atoms in total. The number of benzene rings is 1. The highest BCUT2D eigenvalue weighted by atomic mass is 79.9. The van der Waals surface area contributed by atoms with Gasteiger partial charge in [0.05, 0.1) is 10.9 Å². The van der Waals surface area contributed by atoms with Crippen LogP contribution in [-0.2, 0) is 14.8 Å². The molecule has 0 heterocycles. The normalized spacial score (nSPS) is 15.1. The van der Waals surface area contributed by atoms with Gasteiger partial charge in [-0.2, -0.15) is 0 Å². The molecule has 0 aliphatic carbocycles. The highest BCUT2D eigenvalue weighted by Crippen LogP contribution is 2.16. The van der Waals surface area contributed by atoms with E-state index in [1.165, 1.54) is 12.1 Å². The number of aldehydes is 1. The van der Waals surface area contributed by atoms with Crippen LogP contribution < -0.4 is 4.72 Å². The van der Waals surface area contributed by atoms with Crippen molar-refractivity contribution in [3.63, 3.8) is 0 Å². The Bertz CT molecular complexity index is 499. The summed E-state index contributed by atoms with van der Waals surface area (Å²) in [4.78, 5) is 11.1. The molecule has 0 aliphatic heterocycles. The summed E-state index contributed by atoms with van der Waals surface area (Å²) in [5.41, 5.74) is 0. The summed E-state index contributed by atoms with van der Waals surface area (Å²) in [5, 5.41) is 0. The lowest BCUT2D eigenvalue weighted by molar-refractivity contribution is -0.110. The van der Waals surface area contributed by atoms with Crippen LogP contribution in [0.4, 0.5) is 0 Å². The SMILES string of the molecule is CC[C@H](C)[C@@H](C=O)NS(=O)(=O)c1ccc(Br)cc1. The first-order chi connectivity index (χ1) is 8.40. The Morgan fingerprint density at radius 3 is 2.33 bits per heavy atom. The molecule has 18 heavy (non-hydrogen) atoms. The Hall–Kier alpha value is -0.720. The predicted octanol–water partition coefficient (Wildman–Crippen LogP) is 2.34. The minimum absolute atomic E-state index is 0.0345. The second-order valence-electron chi connectivity index (χ2n) is 4.12. The lowest BCUT2D eigenvalue weighted by Crippen LogP contribution is -2.40. The van der Waals surface area contributed by atoms with Gasteiger partial charge in [0.15, 0.2) is 0 Å². The van der Waals surface area contributed by atoms with Crippen molar-refractivity contribution in [2.24, 2.45) is 5.92 Å². The maximum atomic E-state index is 12.0. The minimum Gasteiger partial charge on any atom is -0.302 e. The molecular weight excluding hydrogens is 318 g/mol. The standard InChI is InChI=1S/C12H16BrNO3S/c1-3-9(2)12(8-15)14-18(16,17)11-6-4-10(13)5-7-11/h4-9,12,14H,3H2,1-2H3/t9-,12+/m0/s1. The summed E-state index contributed by atoms with van der Waals surface area (Å²) in [6.07, 6.45) is 1.37. The fourth-order valence-electron chi connectivity index (χ4n) is 1.39. The van der Waals surface area contributed by atoms with Crippen molar-refractivity contribution in [3.05, 3.63) is 28.7 Å². The van der Waals surface area contributed by atoms with Gasteiger partial charge in [0.25, 0.3) is 0 Å². The number of carbonyl (C=O) groups is 1. The first kappa shape index (κ1) is 15.3. The fraction of sp³-hybridized carbons (Fsp3) is 0.417. The summed E-state index contributed by atoms with van der Waals surface area (Å²) < 4.78 is 27.3. The summed E-state index contributed by atoms with van der Waals surface area (Å²) >= 11 is 3.24. The number of carbonyl (C=O) groups excluding carboxylic acids is 1. The van der Waals surface area contributed by atoms with E-state index >= 15 is 0 Å². The van der Waals surface area contributed by atoms with Crippen LogP contribution in [0.5, 0.6) is 0 Å². The van der Waals surface area contributed by atoms with Gasteiger partial charge < -0.3 is 4.79 Å². The van der Waals surface area contributed by atoms with Crippen molar-refractivity contribution in [3.8, 4) is 0 Å². The number of hydrogen-bond acceptors (Lipinski definition) is 3. The van der Waals surface area contributed by atoms with Gasteiger partial charge in [-0.3, -0.25) is 0 Å². The van der Waals surface area contributed by atoms with Crippen molar-refractivity contribution in [1.29, 1.82) is 0 Å². The number of nitrogens with one attached hydrogen (secondary N) is 1. The first-order valence-electron chi connectivity index (χ1n) is 5.64. The van der Waals surface area contributed by atoms with Gasteiger partial charge in [-0.1, -0.05) is 36.2 Å². The van der Waals surface area contributed by atoms with E-state index in [9.17, 15) is 13.2 Å². The van der Waals surface area contributed by atoms with Crippen molar-refractivity contribution in [1.82, 2.24) is 4.72 Å². The van der Waals surface area contributed by atoms with E-state index in [-0.39, 0.29) is 10.8 Å². The van der Waals surface area contributed by atoms with E-state index < -0.39 is 16.1 Å². The Morgan fingerprint density at radius 2 is 1.89 bits per heavy atom. The number of hydrogen-bond donors (Lipinski definition) is 1. The van der Waals surface area contributed by atoms with Crippen LogP contribution >= 0.6 is 15.9 Å². The Morgan fingerprint density at radius 1 is 1.33 bits per heavy atom. The zero-order valence-corrected chi connectivity index (χ0v) is 12.7. The second-order valence-corrected chi connectivity index (χ2v) is 6.75. The topological polar surface area (TPSA) is 63.2 Å². The molecule has 100 valence electrons. The molecule has 2 atom stereocenters. The fourth-order valence-corrected chi connectivity index (χ4v) is 2.93. The van der Waals surface area contributed by atoms with E-state index in [0.29, 0.717) is 6.29 Å². The molecular formula is C12H16BrNO3S. The summed E-state index contributed by atoms with van der Waals surface area (Å²) in [6, 6.07) is 5.58. The third-order valence-electron chi connectivity index (χ3n) is 2.82. The minimum atomic E-state index is -3.65. The van der Waals surface area contributed by atoms with Gasteiger partial charge >= 0.3 is 0 Å². The van der Waals surface area contributed by atoms with Gasteiger partial charge in [-0.05, 0) is 30.2 Å². The third-order valence-corrected chi connectivity index (χ3v) is 4.82. The van der Waals surface area contributed by atoms with E-state index in [2.05, 4.69) is 20.7 Å². The average Bonchev–Trinajstić information content (AvgIpc) is 2.35. The van der Waals surface area contributed by atoms with Crippen LogP contribution in [0.25, 0.3) is 0 Å². The van der Waals surface area contributed by atoms with Crippen LogP contribution in [-0.4, -0.2) is 20.7 Å². The smallest absolute Gasteiger partial charge is 0.241 e. The maximum absolute atomic E-state index is 12.0. The molecule has 0 amide bonds. The Kier molecular flexibility index (Phi) is 5.49. The zero-order chi connectivity index (χ0) is 13.8. The molecule has 0 radical (unpaired) electrons. The molecule has 0 unspecified atom stereocenters. The molecule has 0 aromatic heterocycles. The van der Waals surface area contributed by atoms with E-state index in [0.717, 1.165) is 10.9 Å². The van der Waals surface area contributed by atoms with Gasteiger partial charge in [0.1, 0.15) is 6.29 Å². The Labute approximate surface area is 116 Å². The summed E-state index contributed by atoms with van der Waals surface area (Å²) in [7, 11) is -3.65. The van der Waals surface area contributed by atoms with Crippen molar-refractivity contribution < 1.29 is 13.2 Å². The van der Waals surface area contributed by atoms with Crippen LogP contribution in [0.15, 0.2) is 33.6 Å². The molecule has 0 aliphatic rings. The molecule has 0 saturated carbocycles. The predicted molar refractivity (Wildman–Crippen MR) is 73.8 cm³/mol. The Balaban J connectivity index is 2.93. The zero-order valence-electron chi connectivity index (χ0n) is 10.3. The van der Waals surface area contributed by atoms with Crippen molar-refractivity contribution in [2.45, 2.75) is 31.2 Å². The van der Waals surface area contributed by atoms with Crippen LogP contribution in [0.1, 0.15) is 20.3 Å². The van der Waals surface area contributed by atoms with E-state index in [4.69, 9.17) is 0 Å². The number of halogens is 1. The number of sulfonamides is 1. The molecule has 1 aromatic carbocycles. The van der Waals surface area contributed by atoms with Crippen LogP contribution in [0.2, 0.25) is 0 Å². The second kappa shape index (κ2) is 6.45. The van der Waals surface area contributed by atoms with Crippen LogP contribution in [0, 0.1) is 5.92 Å². The highest BCUT2D eigenvalue weighted by Gasteiger charge is 2.23. The third kappa shape index (κ3) is 3.90. The quantitative estimate of drug-likeness (QED) is 0.812. The number of rotatable bonds is 6. The van der Waals surface area contributed by atoms with Gasteiger partial charge in [-0.25, -0.2) is 13.1 Å². The largest absolute Gasteiger partial charge is 0.302 e. The van der Waals surface area contributed by atoms with E-state index in [1.807, 2.05) is 13.8 Å². The van der Waals surface area contributed by atoms with Gasteiger partial charge in [-0.15, -0.1) is 0 Å². The molecule has 0 saturated heterocycles. The lowest BCUT2D eigenvalue weighted by atomic mass is 10.0. The molecule has 0 bridgehead atoms. The maximum Gasteiger partial charge on any atom is 0.241 e. The van der Waals surface area contributed by atoms with Crippen molar-refractivity contribution in [2.75, 3.05) is 0 Å². The van der Waals surface area contributed by atoms with Crippen molar-refractivity contribution >= 4 is 32.2 Å². The lowest BCUT2D eigenvalue weighted by Gasteiger charge is -2.18. The van der Waals surface area contributed by atoms with Gasteiger partial charge in [0.2, 0.25) is 10.0 Å². The van der Waals surface area contributed by atoms with Gasteiger partial charge in [0, 0.05) is 4.47 Å². The average molecular weight is 334 g/mol. The summed E-state index contributed by atoms with van der Waals surface area (Å²) in [5.74, 6) is -0.0345. The molecule has 0 fully saturated rings. The molecule has 1 N–H and O–H groups in total. The molecule has 6 heteroatoms.